The van der Waals surface area contributed by atoms with E-state index in [2.05, 4.69) is 0 Å². The van der Waals surface area contributed by atoms with Gasteiger partial charge in [-0.3, -0.25) is 4.79 Å². The third kappa shape index (κ3) is 4.39. The molecule has 0 unspecified atom stereocenters. The number of ether oxygens (including phenoxy) is 2. The minimum atomic E-state index is -1.30. The van der Waals surface area contributed by atoms with Crippen LogP contribution in [-0.2, 0) is 16.0 Å². The van der Waals surface area contributed by atoms with Crippen molar-refractivity contribution in [3.63, 3.8) is 0 Å². The van der Waals surface area contributed by atoms with Gasteiger partial charge < -0.3 is 19.7 Å². The molecule has 6 heteroatoms. The number of hydrogen-bond acceptors (Lipinski definition) is 5. The van der Waals surface area contributed by atoms with Crippen molar-refractivity contribution >= 4 is 17.4 Å². The lowest BCUT2D eigenvalue weighted by atomic mass is 9.85. The number of Topliss-reactive ketones (excluding diaryl/α,β-unsaturated/α-hetero) is 1. The first-order valence-electron chi connectivity index (χ1n) is 9.42. The number of benzene rings is 2. The monoisotopic (exact) mass is 404 g/mol. The number of rotatable bonds is 6. The number of aliphatic hydroxyl groups is 2. The molecule has 1 aliphatic rings. The number of carbonyl (C=O) groups is 1. The Bertz CT molecular complexity index is 820. The lowest BCUT2D eigenvalue weighted by molar-refractivity contribution is -0.175. The molecule has 2 N–H and O–H groups in total. The zero-order valence-electron chi connectivity index (χ0n) is 16.0. The molecule has 0 bridgehead atoms. The Kier molecular flexibility index (Phi) is 6.73. The number of halogens is 1. The van der Waals surface area contributed by atoms with Crippen LogP contribution in [0, 0.1) is 5.92 Å². The van der Waals surface area contributed by atoms with Crippen molar-refractivity contribution in [2.75, 3.05) is 13.2 Å². The Balaban J connectivity index is 1.83. The first-order valence-corrected chi connectivity index (χ1v) is 9.80. The Morgan fingerprint density at radius 3 is 2.54 bits per heavy atom. The number of hydrogen-bond donors (Lipinski definition) is 2. The first-order chi connectivity index (χ1) is 13.4. The summed E-state index contributed by atoms with van der Waals surface area (Å²) < 4.78 is 11.3. The number of carbonyl (C=O) groups excluding carboxylic acids is 1. The minimum Gasteiger partial charge on any atom is -0.494 e. The van der Waals surface area contributed by atoms with Gasteiger partial charge in [0.1, 0.15) is 18.0 Å². The fourth-order valence-corrected chi connectivity index (χ4v) is 3.67. The molecule has 1 aliphatic heterocycles. The molecular weight excluding hydrogens is 380 g/mol. The summed E-state index contributed by atoms with van der Waals surface area (Å²) in [5, 5.41) is 20.0. The van der Waals surface area contributed by atoms with E-state index in [9.17, 15) is 15.0 Å². The average molecular weight is 405 g/mol. The topological polar surface area (TPSA) is 76.0 Å². The largest absolute Gasteiger partial charge is 0.494 e. The van der Waals surface area contributed by atoms with Crippen LogP contribution in [-0.4, -0.2) is 41.4 Å². The Morgan fingerprint density at radius 1 is 1.18 bits per heavy atom. The maximum Gasteiger partial charge on any atom is 0.169 e. The van der Waals surface area contributed by atoms with Crippen molar-refractivity contribution < 1.29 is 24.5 Å². The standard InChI is InChI=1S/C22H25ClO5/c1-3-27-17-7-4-14(5-8-17)10-16-11-15(6-9-18(16)23)22-13(2)20(25)21(26)19(12-24)28-22/h4-9,11,13,19,21-22,24,26H,3,10,12H2,1-2H3/t13-,19-,21-,22-/m1/s1. The predicted molar refractivity (Wildman–Crippen MR) is 107 cm³/mol. The second-order valence-electron chi connectivity index (χ2n) is 7.02. The molecule has 150 valence electrons. The van der Waals surface area contributed by atoms with E-state index in [1.807, 2.05) is 43.3 Å². The van der Waals surface area contributed by atoms with E-state index in [0.717, 1.165) is 22.4 Å². The van der Waals surface area contributed by atoms with Crippen LogP contribution >= 0.6 is 11.6 Å². The summed E-state index contributed by atoms with van der Waals surface area (Å²) in [6.45, 7) is 3.88. The van der Waals surface area contributed by atoms with Gasteiger partial charge in [0.15, 0.2) is 5.78 Å². The zero-order valence-corrected chi connectivity index (χ0v) is 16.7. The Labute approximate surface area is 169 Å². The summed E-state index contributed by atoms with van der Waals surface area (Å²) >= 11 is 6.40. The van der Waals surface area contributed by atoms with Gasteiger partial charge in [-0.2, -0.15) is 0 Å². The van der Waals surface area contributed by atoms with Crippen molar-refractivity contribution in [3.05, 3.63) is 64.2 Å². The average Bonchev–Trinajstić information content (AvgIpc) is 2.70. The van der Waals surface area contributed by atoms with Gasteiger partial charge in [0.25, 0.3) is 0 Å². The first kappa shape index (κ1) is 20.8. The third-order valence-corrected chi connectivity index (χ3v) is 5.44. The van der Waals surface area contributed by atoms with Crippen LogP contribution in [0.25, 0.3) is 0 Å². The summed E-state index contributed by atoms with van der Waals surface area (Å²) in [6, 6.07) is 13.4. The van der Waals surface area contributed by atoms with E-state index >= 15 is 0 Å². The van der Waals surface area contributed by atoms with Gasteiger partial charge in [-0.15, -0.1) is 0 Å². The molecule has 2 aromatic rings. The van der Waals surface area contributed by atoms with E-state index in [0.29, 0.717) is 18.1 Å². The highest BCUT2D eigenvalue weighted by Crippen LogP contribution is 2.36. The van der Waals surface area contributed by atoms with E-state index in [1.54, 1.807) is 13.0 Å². The van der Waals surface area contributed by atoms with E-state index in [-0.39, 0.29) is 5.78 Å². The maximum absolute atomic E-state index is 12.3. The molecule has 0 spiro atoms. The minimum absolute atomic E-state index is 0.321. The highest BCUT2D eigenvalue weighted by molar-refractivity contribution is 6.31. The molecule has 3 rings (SSSR count). The van der Waals surface area contributed by atoms with Crippen LogP contribution in [0.15, 0.2) is 42.5 Å². The van der Waals surface area contributed by atoms with Gasteiger partial charge in [-0.1, -0.05) is 42.8 Å². The number of aliphatic hydroxyl groups excluding tert-OH is 2. The van der Waals surface area contributed by atoms with Gasteiger partial charge in [0.2, 0.25) is 0 Å². The van der Waals surface area contributed by atoms with Crippen LogP contribution in [0.3, 0.4) is 0 Å². The molecule has 0 radical (unpaired) electrons. The molecule has 0 amide bonds. The van der Waals surface area contributed by atoms with Crippen LogP contribution < -0.4 is 4.74 Å². The van der Waals surface area contributed by atoms with Crippen molar-refractivity contribution in [2.45, 2.75) is 38.6 Å². The normalized spacial score (nSPS) is 25.0. The SMILES string of the molecule is CCOc1ccc(Cc2cc([C@@H]3O[C@H](CO)[C@@H](O)C(=O)[C@H]3C)ccc2Cl)cc1. The molecule has 28 heavy (non-hydrogen) atoms. The van der Waals surface area contributed by atoms with Gasteiger partial charge in [-0.05, 0) is 48.2 Å². The molecule has 0 aliphatic carbocycles. The zero-order chi connectivity index (χ0) is 20.3. The van der Waals surface area contributed by atoms with Crippen LogP contribution in [0.4, 0.5) is 0 Å². The highest BCUT2D eigenvalue weighted by Gasteiger charge is 2.42. The molecule has 1 saturated heterocycles. The molecule has 4 atom stereocenters. The van der Waals surface area contributed by atoms with Gasteiger partial charge in [-0.25, -0.2) is 0 Å². The van der Waals surface area contributed by atoms with Crippen LogP contribution in [0.5, 0.6) is 5.75 Å². The van der Waals surface area contributed by atoms with Gasteiger partial charge >= 0.3 is 0 Å². The van der Waals surface area contributed by atoms with Crippen molar-refractivity contribution in [2.24, 2.45) is 5.92 Å². The van der Waals surface area contributed by atoms with Crippen LogP contribution in [0.1, 0.15) is 36.6 Å². The van der Waals surface area contributed by atoms with Gasteiger partial charge in [0.05, 0.1) is 19.3 Å². The fraction of sp³-hybridized carbons (Fsp3) is 0.409. The molecule has 0 aromatic heterocycles. The molecule has 0 saturated carbocycles. The van der Waals surface area contributed by atoms with Gasteiger partial charge in [0, 0.05) is 10.9 Å². The lowest BCUT2D eigenvalue weighted by Crippen LogP contribution is -2.49. The Morgan fingerprint density at radius 2 is 1.89 bits per heavy atom. The second kappa shape index (κ2) is 9.05. The third-order valence-electron chi connectivity index (χ3n) is 5.08. The van der Waals surface area contributed by atoms with E-state index < -0.39 is 30.8 Å². The molecule has 5 nitrogen and oxygen atoms in total. The van der Waals surface area contributed by atoms with Crippen molar-refractivity contribution in [1.29, 1.82) is 0 Å². The van der Waals surface area contributed by atoms with Crippen LogP contribution in [0.2, 0.25) is 5.02 Å². The number of ketones is 1. The summed E-state index contributed by atoms with van der Waals surface area (Å²) in [6.07, 6.45) is -2.13. The summed E-state index contributed by atoms with van der Waals surface area (Å²) in [5.41, 5.74) is 2.80. The molecule has 1 fully saturated rings. The summed E-state index contributed by atoms with van der Waals surface area (Å²) in [5.74, 6) is -0.0155. The quantitative estimate of drug-likeness (QED) is 0.772. The van der Waals surface area contributed by atoms with E-state index in [4.69, 9.17) is 21.1 Å². The van der Waals surface area contributed by atoms with E-state index in [1.165, 1.54) is 0 Å². The van der Waals surface area contributed by atoms with Crippen molar-refractivity contribution in [1.82, 2.24) is 0 Å². The van der Waals surface area contributed by atoms with Crippen molar-refractivity contribution in [3.8, 4) is 5.75 Å². The second-order valence-corrected chi connectivity index (χ2v) is 7.43. The smallest absolute Gasteiger partial charge is 0.169 e. The Hall–Kier alpha value is -1.92. The summed E-state index contributed by atoms with van der Waals surface area (Å²) in [7, 11) is 0. The molecule has 1 heterocycles. The lowest BCUT2D eigenvalue weighted by Gasteiger charge is -2.36. The molecule has 2 aromatic carbocycles. The fourth-order valence-electron chi connectivity index (χ4n) is 3.49. The predicted octanol–water partition coefficient (Wildman–Crippen LogP) is 3.33. The maximum atomic E-state index is 12.3. The summed E-state index contributed by atoms with van der Waals surface area (Å²) in [4.78, 5) is 12.3. The molecular formula is C22H25ClO5. The highest BCUT2D eigenvalue weighted by atomic mass is 35.5.